The largest absolute Gasteiger partial charge is 0.369 e. The van der Waals surface area contributed by atoms with Gasteiger partial charge in [-0.3, -0.25) is 4.79 Å². The number of nitrogens with two attached hydrogens (primary N) is 1. The zero-order valence-corrected chi connectivity index (χ0v) is 6.38. The average Bonchev–Trinajstić information content (AvgIpc) is 1.85. The van der Waals surface area contributed by atoms with Gasteiger partial charge >= 0.3 is 0 Å². The molecule has 1 rings (SSSR count). The number of aromatic nitrogens is 2. The second-order valence-electron chi connectivity index (χ2n) is 2.03. The summed E-state index contributed by atoms with van der Waals surface area (Å²) < 4.78 is 0. The van der Waals surface area contributed by atoms with E-state index in [1.54, 1.807) is 6.07 Å². The second kappa shape index (κ2) is 3.30. The lowest BCUT2D eigenvalue weighted by molar-refractivity contribution is -0.117. The monoisotopic (exact) mass is 171 g/mol. The van der Waals surface area contributed by atoms with Crippen molar-refractivity contribution in [1.29, 1.82) is 0 Å². The molecule has 58 valence electrons. The molecule has 11 heavy (non-hydrogen) atoms. The molecular formula is C6H6ClN3O. The van der Waals surface area contributed by atoms with Crippen molar-refractivity contribution in [3.05, 3.63) is 23.0 Å². The first-order valence-corrected chi connectivity index (χ1v) is 3.31. The molecule has 0 aliphatic heterocycles. The smallest absolute Gasteiger partial charge is 0.221 e. The molecule has 0 fully saturated rings. The summed E-state index contributed by atoms with van der Waals surface area (Å²) in [5.41, 5.74) is 5.62. The summed E-state index contributed by atoms with van der Waals surface area (Å²) in [6.45, 7) is 0. The highest BCUT2D eigenvalue weighted by molar-refractivity contribution is 6.29. The lowest BCUT2D eigenvalue weighted by Gasteiger charge is -1.94. The van der Waals surface area contributed by atoms with E-state index in [2.05, 4.69) is 10.2 Å². The number of halogens is 1. The van der Waals surface area contributed by atoms with E-state index >= 15 is 0 Å². The fourth-order valence-electron chi connectivity index (χ4n) is 0.675. The highest BCUT2D eigenvalue weighted by atomic mass is 35.5. The standard InChI is InChI=1S/C6H6ClN3O/c7-5-1-4(2-6(8)11)3-9-10-5/h1,3H,2H2,(H2,8,11). The molecule has 2 N–H and O–H groups in total. The number of carbonyl (C=O) groups excluding carboxylic acids is 1. The van der Waals surface area contributed by atoms with Gasteiger partial charge in [0.25, 0.3) is 0 Å². The molecule has 1 aromatic heterocycles. The molecule has 0 bridgehead atoms. The normalized spacial score (nSPS) is 9.55. The van der Waals surface area contributed by atoms with Gasteiger partial charge in [0.1, 0.15) is 0 Å². The van der Waals surface area contributed by atoms with Crippen LogP contribution in [0.3, 0.4) is 0 Å². The first kappa shape index (κ1) is 7.94. The fourth-order valence-corrected chi connectivity index (χ4v) is 0.859. The third-order valence-electron chi connectivity index (χ3n) is 1.06. The molecule has 0 radical (unpaired) electrons. The Bertz CT molecular complexity index is 276. The van der Waals surface area contributed by atoms with E-state index < -0.39 is 5.91 Å². The van der Waals surface area contributed by atoms with Crippen molar-refractivity contribution in [1.82, 2.24) is 10.2 Å². The Morgan fingerprint density at radius 1 is 1.73 bits per heavy atom. The van der Waals surface area contributed by atoms with Crippen LogP contribution in [0, 0.1) is 0 Å². The molecule has 4 nitrogen and oxygen atoms in total. The zero-order valence-electron chi connectivity index (χ0n) is 5.62. The Hall–Kier alpha value is -1.16. The fraction of sp³-hybridized carbons (Fsp3) is 0.167. The predicted octanol–water partition coefficient (Wildman–Crippen LogP) is 0.158. The highest BCUT2D eigenvalue weighted by Gasteiger charge is 1.99. The third kappa shape index (κ3) is 2.51. The maximum absolute atomic E-state index is 10.4. The lowest BCUT2D eigenvalue weighted by atomic mass is 10.2. The minimum atomic E-state index is -0.408. The van der Waals surface area contributed by atoms with E-state index in [0.29, 0.717) is 5.56 Å². The van der Waals surface area contributed by atoms with Gasteiger partial charge in [0.2, 0.25) is 5.91 Å². The van der Waals surface area contributed by atoms with Crippen LogP contribution in [-0.4, -0.2) is 16.1 Å². The number of primary amides is 1. The predicted molar refractivity (Wildman–Crippen MR) is 39.9 cm³/mol. The van der Waals surface area contributed by atoms with Crippen LogP contribution in [-0.2, 0) is 11.2 Å². The van der Waals surface area contributed by atoms with Crippen molar-refractivity contribution in [3.8, 4) is 0 Å². The van der Waals surface area contributed by atoms with Gasteiger partial charge in [-0.25, -0.2) is 0 Å². The van der Waals surface area contributed by atoms with Crippen LogP contribution in [0.25, 0.3) is 0 Å². The first-order valence-electron chi connectivity index (χ1n) is 2.94. The molecule has 1 heterocycles. The van der Waals surface area contributed by atoms with E-state index in [1.165, 1.54) is 6.20 Å². The van der Waals surface area contributed by atoms with E-state index in [0.717, 1.165) is 0 Å². The van der Waals surface area contributed by atoms with Crippen molar-refractivity contribution >= 4 is 17.5 Å². The van der Waals surface area contributed by atoms with Gasteiger partial charge in [0.05, 0.1) is 12.6 Å². The van der Waals surface area contributed by atoms with Gasteiger partial charge in [-0.15, -0.1) is 5.10 Å². The summed E-state index contributed by atoms with van der Waals surface area (Å²) in [6.07, 6.45) is 1.60. The minimum Gasteiger partial charge on any atom is -0.369 e. The summed E-state index contributed by atoms with van der Waals surface area (Å²) >= 11 is 5.50. The van der Waals surface area contributed by atoms with Crippen molar-refractivity contribution in [2.45, 2.75) is 6.42 Å². The molecule has 1 aromatic rings. The van der Waals surface area contributed by atoms with E-state index in [9.17, 15) is 4.79 Å². The molecule has 0 unspecified atom stereocenters. The summed E-state index contributed by atoms with van der Waals surface area (Å²) in [5, 5.41) is 7.33. The first-order chi connectivity index (χ1) is 5.18. The second-order valence-corrected chi connectivity index (χ2v) is 2.42. The SMILES string of the molecule is NC(=O)Cc1cnnc(Cl)c1. The van der Waals surface area contributed by atoms with Crippen LogP contribution in [0.4, 0.5) is 0 Å². The summed E-state index contributed by atoms with van der Waals surface area (Å²) in [7, 11) is 0. The minimum absolute atomic E-state index is 0.148. The van der Waals surface area contributed by atoms with Crippen LogP contribution < -0.4 is 5.73 Å². The van der Waals surface area contributed by atoms with E-state index in [4.69, 9.17) is 17.3 Å². The van der Waals surface area contributed by atoms with Crippen LogP contribution in [0.2, 0.25) is 5.15 Å². The van der Waals surface area contributed by atoms with Gasteiger partial charge in [-0.05, 0) is 11.6 Å². The molecule has 0 aromatic carbocycles. The van der Waals surface area contributed by atoms with Gasteiger partial charge in [0.15, 0.2) is 5.15 Å². The van der Waals surface area contributed by atoms with Crippen molar-refractivity contribution in [2.75, 3.05) is 0 Å². The Morgan fingerprint density at radius 2 is 2.45 bits per heavy atom. The lowest BCUT2D eigenvalue weighted by Crippen LogP contribution is -2.13. The van der Waals surface area contributed by atoms with Crippen LogP contribution in [0.1, 0.15) is 5.56 Å². The van der Waals surface area contributed by atoms with E-state index in [1.807, 2.05) is 0 Å². The highest BCUT2D eigenvalue weighted by Crippen LogP contribution is 2.04. The summed E-state index contributed by atoms with van der Waals surface area (Å²) in [6, 6.07) is 1.55. The Balaban J connectivity index is 2.79. The van der Waals surface area contributed by atoms with Crippen molar-refractivity contribution in [3.63, 3.8) is 0 Å². The molecule has 0 spiro atoms. The van der Waals surface area contributed by atoms with Gasteiger partial charge in [-0.1, -0.05) is 11.6 Å². The van der Waals surface area contributed by atoms with Crippen LogP contribution in [0.15, 0.2) is 12.3 Å². The van der Waals surface area contributed by atoms with Crippen LogP contribution >= 0.6 is 11.6 Å². The molecule has 0 saturated heterocycles. The summed E-state index contributed by atoms with van der Waals surface area (Å²) in [5.74, 6) is -0.408. The number of rotatable bonds is 2. The molecule has 0 atom stereocenters. The number of hydrogen-bond donors (Lipinski definition) is 1. The number of amides is 1. The summed E-state index contributed by atoms with van der Waals surface area (Å²) in [4.78, 5) is 10.4. The Morgan fingerprint density at radius 3 is 3.00 bits per heavy atom. The number of carbonyl (C=O) groups is 1. The maximum atomic E-state index is 10.4. The molecule has 5 heteroatoms. The molecule has 0 aliphatic carbocycles. The topological polar surface area (TPSA) is 68.9 Å². The Labute approximate surface area is 68.4 Å². The molecule has 1 amide bonds. The quantitative estimate of drug-likeness (QED) is 0.689. The molecule has 0 saturated carbocycles. The third-order valence-corrected chi connectivity index (χ3v) is 1.24. The zero-order chi connectivity index (χ0) is 8.27. The van der Waals surface area contributed by atoms with Crippen LogP contribution in [0.5, 0.6) is 0 Å². The van der Waals surface area contributed by atoms with Crippen molar-refractivity contribution in [2.24, 2.45) is 5.73 Å². The number of nitrogens with zero attached hydrogens (tertiary/aromatic N) is 2. The molecule has 0 aliphatic rings. The molecular weight excluding hydrogens is 166 g/mol. The maximum Gasteiger partial charge on any atom is 0.221 e. The number of hydrogen-bond acceptors (Lipinski definition) is 3. The van der Waals surface area contributed by atoms with Gasteiger partial charge in [-0.2, -0.15) is 5.10 Å². The average molecular weight is 172 g/mol. The van der Waals surface area contributed by atoms with Gasteiger partial charge < -0.3 is 5.73 Å². The van der Waals surface area contributed by atoms with E-state index in [-0.39, 0.29) is 11.6 Å². The van der Waals surface area contributed by atoms with Crippen molar-refractivity contribution < 1.29 is 4.79 Å². The van der Waals surface area contributed by atoms with Gasteiger partial charge in [0, 0.05) is 0 Å². The Kier molecular flexibility index (Phi) is 2.38.